The van der Waals surface area contributed by atoms with Crippen LogP contribution in [0.5, 0.6) is 0 Å². The zero-order valence-corrected chi connectivity index (χ0v) is 10.9. The lowest BCUT2D eigenvalue weighted by molar-refractivity contribution is 0.573. The standard InChI is InChI=1S/C14H19N5/c1-3-12(15-6-1)5-8-17-14-18-9-11(10-19-14)13-4-2-7-16-13/h2,4,7,9-10,12,15-16H,1,3,5-6,8H2,(H,17,18,19). The first-order chi connectivity index (χ1) is 9.42. The molecule has 0 spiro atoms. The van der Waals surface area contributed by atoms with E-state index in [9.17, 15) is 0 Å². The van der Waals surface area contributed by atoms with Crippen molar-refractivity contribution < 1.29 is 0 Å². The lowest BCUT2D eigenvalue weighted by Gasteiger charge is -2.10. The Morgan fingerprint density at radius 1 is 1.32 bits per heavy atom. The summed E-state index contributed by atoms with van der Waals surface area (Å²) in [5.74, 6) is 0.702. The third-order valence-corrected chi connectivity index (χ3v) is 3.50. The predicted molar refractivity (Wildman–Crippen MR) is 76.0 cm³/mol. The summed E-state index contributed by atoms with van der Waals surface area (Å²) in [6.07, 6.45) is 9.29. The zero-order valence-electron chi connectivity index (χ0n) is 10.9. The summed E-state index contributed by atoms with van der Waals surface area (Å²) < 4.78 is 0. The summed E-state index contributed by atoms with van der Waals surface area (Å²) in [4.78, 5) is 11.8. The monoisotopic (exact) mass is 257 g/mol. The van der Waals surface area contributed by atoms with Gasteiger partial charge >= 0.3 is 0 Å². The number of H-pyrrole nitrogens is 1. The molecule has 2 aromatic heterocycles. The summed E-state index contributed by atoms with van der Waals surface area (Å²) in [6.45, 7) is 2.07. The topological polar surface area (TPSA) is 65.6 Å². The molecule has 0 amide bonds. The predicted octanol–water partition coefficient (Wildman–Crippen LogP) is 2.03. The van der Waals surface area contributed by atoms with Gasteiger partial charge in [-0.25, -0.2) is 9.97 Å². The van der Waals surface area contributed by atoms with Crippen LogP contribution in [0.15, 0.2) is 30.7 Å². The number of hydrogen-bond acceptors (Lipinski definition) is 4. The van der Waals surface area contributed by atoms with Gasteiger partial charge in [-0.3, -0.25) is 0 Å². The largest absolute Gasteiger partial charge is 0.361 e. The molecule has 3 heterocycles. The number of hydrogen-bond donors (Lipinski definition) is 3. The SMILES string of the molecule is c1c[nH]c(-c2cnc(NCCC3CCCN3)nc2)c1. The fourth-order valence-electron chi connectivity index (χ4n) is 2.43. The van der Waals surface area contributed by atoms with E-state index in [0.717, 1.165) is 30.8 Å². The Bertz CT molecular complexity index is 485. The Morgan fingerprint density at radius 2 is 2.21 bits per heavy atom. The van der Waals surface area contributed by atoms with Gasteiger partial charge in [0.25, 0.3) is 0 Å². The van der Waals surface area contributed by atoms with E-state index in [4.69, 9.17) is 0 Å². The van der Waals surface area contributed by atoms with Crippen molar-refractivity contribution in [1.82, 2.24) is 20.3 Å². The summed E-state index contributed by atoms with van der Waals surface area (Å²) in [5.41, 5.74) is 2.05. The summed E-state index contributed by atoms with van der Waals surface area (Å²) in [5, 5.41) is 6.76. The molecule has 19 heavy (non-hydrogen) atoms. The second kappa shape index (κ2) is 5.84. The molecule has 0 aromatic carbocycles. The van der Waals surface area contributed by atoms with Crippen molar-refractivity contribution in [3.05, 3.63) is 30.7 Å². The maximum Gasteiger partial charge on any atom is 0.222 e. The molecule has 0 bridgehead atoms. The van der Waals surface area contributed by atoms with Crippen LogP contribution < -0.4 is 10.6 Å². The summed E-state index contributed by atoms with van der Waals surface area (Å²) >= 11 is 0. The van der Waals surface area contributed by atoms with Crippen molar-refractivity contribution in [3.8, 4) is 11.3 Å². The Labute approximate surface area is 112 Å². The van der Waals surface area contributed by atoms with Gasteiger partial charge in [-0.15, -0.1) is 0 Å². The molecule has 3 rings (SSSR count). The molecule has 0 aliphatic carbocycles. The molecule has 1 fully saturated rings. The Balaban J connectivity index is 1.51. The Morgan fingerprint density at radius 3 is 2.89 bits per heavy atom. The van der Waals surface area contributed by atoms with Crippen molar-refractivity contribution in [3.63, 3.8) is 0 Å². The number of rotatable bonds is 5. The first-order valence-corrected chi connectivity index (χ1v) is 6.85. The quantitative estimate of drug-likeness (QED) is 0.766. The van der Waals surface area contributed by atoms with Gasteiger partial charge in [-0.1, -0.05) is 0 Å². The number of nitrogens with zero attached hydrogens (tertiary/aromatic N) is 2. The molecule has 100 valence electrons. The van der Waals surface area contributed by atoms with Gasteiger partial charge in [0, 0.05) is 42.4 Å². The molecule has 1 aliphatic rings. The number of aromatic nitrogens is 3. The molecule has 1 aliphatic heterocycles. The van der Waals surface area contributed by atoms with E-state index in [1.54, 1.807) is 0 Å². The minimum atomic E-state index is 0.658. The third-order valence-electron chi connectivity index (χ3n) is 3.50. The van der Waals surface area contributed by atoms with Crippen molar-refractivity contribution >= 4 is 5.95 Å². The van der Waals surface area contributed by atoms with Gasteiger partial charge < -0.3 is 15.6 Å². The molecular formula is C14H19N5. The van der Waals surface area contributed by atoms with E-state index < -0.39 is 0 Å². The third kappa shape index (κ3) is 3.12. The van der Waals surface area contributed by atoms with E-state index in [0.29, 0.717) is 12.0 Å². The maximum atomic E-state index is 4.34. The van der Waals surface area contributed by atoms with E-state index in [-0.39, 0.29) is 0 Å². The molecular weight excluding hydrogens is 238 g/mol. The molecule has 2 aromatic rings. The van der Waals surface area contributed by atoms with E-state index >= 15 is 0 Å². The second-order valence-electron chi connectivity index (χ2n) is 4.89. The lowest BCUT2D eigenvalue weighted by atomic mass is 10.1. The van der Waals surface area contributed by atoms with E-state index in [1.807, 2.05) is 30.7 Å². The van der Waals surface area contributed by atoms with Crippen LogP contribution in [-0.2, 0) is 0 Å². The van der Waals surface area contributed by atoms with Crippen LogP contribution in [-0.4, -0.2) is 34.1 Å². The minimum Gasteiger partial charge on any atom is -0.361 e. The van der Waals surface area contributed by atoms with Gasteiger partial charge in [0.15, 0.2) is 0 Å². The van der Waals surface area contributed by atoms with Crippen LogP contribution >= 0.6 is 0 Å². The molecule has 0 saturated carbocycles. The van der Waals surface area contributed by atoms with Gasteiger partial charge in [0.2, 0.25) is 5.95 Å². The van der Waals surface area contributed by atoms with Crippen molar-refractivity contribution in [2.45, 2.75) is 25.3 Å². The smallest absolute Gasteiger partial charge is 0.222 e. The highest BCUT2D eigenvalue weighted by Crippen LogP contribution is 2.15. The highest BCUT2D eigenvalue weighted by atomic mass is 15.1. The van der Waals surface area contributed by atoms with Gasteiger partial charge in [0.1, 0.15) is 0 Å². The number of anilines is 1. The fourth-order valence-corrected chi connectivity index (χ4v) is 2.43. The average Bonchev–Trinajstić information content (AvgIpc) is 3.13. The highest BCUT2D eigenvalue weighted by molar-refractivity contribution is 5.57. The van der Waals surface area contributed by atoms with E-state index in [1.165, 1.54) is 12.8 Å². The molecule has 0 radical (unpaired) electrons. The first-order valence-electron chi connectivity index (χ1n) is 6.85. The van der Waals surface area contributed by atoms with Crippen LogP contribution in [0.3, 0.4) is 0 Å². The zero-order chi connectivity index (χ0) is 12.9. The Kier molecular flexibility index (Phi) is 3.74. The molecule has 5 heteroatoms. The molecule has 1 saturated heterocycles. The van der Waals surface area contributed by atoms with Crippen LogP contribution in [0.25, 0.3) is 11.3 Å². The highest BCUT2D eigenvalue weighted by Gasteiger charge is 2.13. The summed E-state index contributed by atoms with van der Waals surface area (Å²) in [6, 6.07) is 4.64. The second-order valence-corrected chi connectivity index (χ2v) is 4.89. The molecule has 1 atom stereocenters. The van der Waals surface area contributed by atoms with Crippen molar-refractivity contribution in [2.75, 3.05) is 18.4 Å². The van der Waals surface area contributed by atoms with Crippen LogP contribution in [0.1, 0.15) is 19.3 Å². The van der Waals surface area contributed by atoms with Crippen LogP contribution in [0.2, 0.25) is 0 Å². The Hall–Kier alpha value is -1.88. The first kappa shape index (κ1) is 12.2. The average molecular weight is 257 g/mol. The van der Waals surface area contributed by atoms with Crippen LogP contribution in [0.4, 0.5) is 5.95 Å². The van der Waals surface area contributed by atoms with Gasteiger partial charge in [0.05, 0.1) is 0 Å². The minimum absolute atomic E-state index is 0.658. The van der Waals surface area contributed by atoms with Crippen molar-refractivity contribution in [1.29, 1.82) is 0 Å². The number of aromatic amines is 1. The maximum absolute atomic E-state index is 4.34. The van der Waals surface area contributed by atoms with Crippen LogP contribution in [0, 0.1) is 0 Å². The molecule has 5 nitrogen and oxygen atoms in total. The summed E-state index contributed by atoms with van der Waals surface area (Å²) in [7, 11) is 0. The fraction of sp³-hybridized carbons (Fsp3) is 0.429. The van der Waals surface area contributed by atoms with Crippen molar-refractivity contribution in [2.24, 2.45) is 0 Å². The number of nitrogens with one attached hydrogen (secondary N) is 3. The normalized spacial score (nSPS) is 18.6. The van der Waals surface area contributed by atoms with Gasteiger partial charge in [-0.2, -0.15) is 0 Å². The molecule has 1 unspecified atom stereocenters. The van der Waals surface area contributed by atoms with E-state index in [2.05, 4.69) is 25.6 Å². The lowest BCUT2D eigenvalue weighted by Crippen LogP contribution is -2.24. The molecule has 3 N–H and O–H groups in total. The van der Waals surface area contributed by atoms with Gasteiger partial charge in [-0.05, 0) is 37.9 Å².